The second-order valence-corrected chi connectivity index (χ2v) is 5.13. The predicted octanol–water partition coefficient (Wildman–Crippen LogP) is 4.28. The zero-order valence-electron chi connectivity index (χ0n) is 12.6. The summed E-state index contributed by atoms with van der Waals surface area (Å²) in [6.07, 6.45) is -0.250. The van der Waals surface area contributed by atoms with Gasteiger partial charge in [0, 0.05) is 18.1 Å². The first kappa shape index (κ1) is 16.7. The summed E-state index contributed by atoms with van der Waals surface area (Å²) in [4.78, 5) is 16.0. The Morgan fingerprint density at radius 3 is 2.52 bits per heavy atom. The van der Waals surface area contributed by atoms with E-state index in [1.165, 1.54) is 47.6 Å². The van der Waals surface area contributed by atoms with Crippen LogP contribution in [0.4, 0.5) is 23.2 Å². The molecule has 0 radical (unpaired) electrons. The molecule has 1 N–H and O–H groups in total. The van der Waals surface area contributed by atoms with E-state index in [-0.39, 0.29) is 11.4 Å². The van der Waals surface area contributed by atoms with Crippen molar-refractivity contribution in [2.75, 3.05) is 5.32 Å². The normalized spacial score (nSPS) is 11.4. The smallest absolute Gasteiger partial charge is 0.322 e. The van der Waals surface area contributed by atoms with Gasteiger partial charge in [0.25, 0.3) is 5.91 Å². The van der Waals surface area contributed by atoms with Gasteiger partial charge in [0.05, 0.1) is 23.1 Å². The number of imidazole rings is 1. The lowest BCUT2D eigenvalue weighted by Crippen LogP contribution is -2.18. The van der Waals surface area contributed by atoms with E-state index < -0.39 is 29.0 Å². The lowest BCUT2D eigenvalue weighted by atomic mass is 10.1. The standard InChI is InChI=1S/C17H11F4N3O/c18-14-9-11(5-6-15(14)24-8-7-22-10-24)23-16(25)12-3-1-2-4-13(12)17(19,20)21/h1-10H,(H,23,25). The van der Waals surface area contributed by atoms with E-state index in [4.69, 9.17) is 0 Å². The minimum atomic E-state index is -4.66. The molecule has 0 saturated heterocycles. The van der Waals surface area contributed by atoms with Crippen molar-refractivity contribution in [3.63, 3.8) is 0 Å². The van der Waals surface area contributed by atoms with Crippen molar-refractivity contribution in [1.29, 1.82) is 0 Å². The number of amides is 1. The molecule has 0 aliphatic carbocycles. The molecule has 0 fully saturated rings. The highest BCUT2D eigenvalue weighted by atomic mass is 19.4. The third-order valence-electron chi connectivity index (χ3n) is 3.47. The molecule has 0 bridgehead atoms. The van der Waals surface area contributed by atoms with Gasteiger partial charge >= 0.3 is 6.18 Å². The van der Waals surface area contributed by atoms with E-state index in [2.05, 4.69) is 10.3 Å². The Kier molecular flexibility index (Phi) is 4.26. The third kappa shape index (κ3) is 3.52. The van der Waals surface area contributed by atoms with Crippen molar-refractivity contribution in [3.8, 4) is 5.69 Å². The zero-order chi connectivity index (χ0) is 18.0. The van der Waals surface area contributed by atoms with Crippen molar-refractivity contribution in [1.82, 2.24) is 9.55 Å². The first-order chi connectivity index (χ1) is 11.9. The number of nitrogens with one attached hydrogen (secondary N) is 1. The molecule has 3 aromatic rings. The van der Waals surface area contributed by atoms with Crippen LogP contribution >= 0.6 is 0 Å². The fourth-order valence-electron chi connectivity index (χ4n) is 2.32. The minimum absolute atomic E-state index is 0.0448. The summed E-state index contributed by atoms with van der Waals surface area (Å²) in [6, 6.07) is 8.22. The Morgan fingerprint density at radius 1 is 1.12 bits per heavy atom. The summed E-state index contributed by atoms with van der Waals surface area (Å²) < 4.78 is 54.5. The highest BCUT2D eigenvalue weighted by molar-refractivity contribution is 6.05. The van der Waals surface area contributed by atoms with Gasteiger partial charge in [-0.15, -0.1) is 0 Å². The number of aromatic nitrogens is 2. The predicted molar refractivity (Wildman–Crippen MR) is 82.9 cm³/mol. The van der Waals surface area contributed by atoms with Crippen LogP contribution in [0.3, 0.4) is 0 Å². The van der Waals surface area contributed by atoms with E-state index in [0.29, 0.717) is 0 Å². The van der Waals surface area contributed by atoms with Crippen molar-refractivity contribution >= 4 is 11.6 Å². The molecule has 0 saturated carbocycles. The molecule has 4 nitrogen and oxygen atoms in total. The molecule has 2 aromatic carbocycles. The van der Waals surface area contributed by atoms with Gasteiger partial charge in [-0.05, 0) is 30.3 Å². The Balaban J connectivity index is 1.86. The summed E-state index contributed by atoms with van der Waals surface area (Å²) in [6.45, 7) is 0. The number of rotatable bonds is 3. The average Bonchev–Trinajstić information content (AvgIpc) is 3.08. The molecular formula is C17H11F4N3O. The summed E-state index contributed by atoms with van der Waals surface area (Å²) in [5.41, 5.74) is -1.34. The zero-order valence-corrected chi connectivity index (χ0v) is 12.6. The summed E-state index contributed by atoms with van der Waals surface area (Å²) in [5, 5.41) is 2.28. The number of carbonyl (C=O) groups excluding carboxylic acids is 1. The number of benzene rings is 2. The van der Waals surface area contributed by atoms with Gasteiger partial charge in [0.1, 0.15) is 5.82 Å². The minimum Gasteiger partial charge on any atom is -0.322 e. The second kappa shape index (κ2) is 6.39. The third-order valence-corrected chi connectivity index (χ3v) is 3.47. The number of anilines is 1. The molecule has 0 aliphatic rings. The van der Waals surface area contributed by atoms with Crippen LogP contribution in [0.15, 0.2) is 61.2 Å². The molecular weight excluding hydrogens is 338 g/mol. The van der Waals surface area contributed by atoms with Gasteiger partial charge in [-0.3, -0.25) is 4.79 Å². The summed E-state index contributed by atoms with van der Waals surface area (Å²) >= 11 is 0. The van der Waals surface area contributed by atoms with Crippen LogP contribution in [0.5, 0.6) is 0 Å². The Labute approximate surface area is 139 Å². The molecule has 1 heterocycles. The van der Waals surface area contributed by atoms with Gasteiger partial charge < -0.3 is 9.88 Å². The van der Waals surface area contributed by atoms with Gasteiger partial charge in [-0.2, -0.15) is 13.2 Å². The maximum atomic E-state index is 14.2. The van der Waals surface area contributed by atoms with Gasteiger partial charge in [-0.1, -0.05) is 12.1 Å². The average molecular weight is 349 g/mol. The lowest BCUT2D eigenvalue weighted by Gasteiger charge is -2.13. The number of alkyl halides is 3. The Hall–Kier alpha value is -3.16. The lowest BCUT2D eigenvalue weighted by molar-refractivity contribution is -0.137. The van der Waals surface area contributed by atoms with Gasteiger partial charge in [0.2, 0.25) is 0 Å². The van der Waals surface area contributed by atoms with Crippen LogP contribution in [0.2, 0.25) is 0 Å². The van der Waals surface area contributed by atoms with E-state index in [9.17, 15) is 22.4 Å². The van der Waals surface area contributed by atoms with Crippen LogP contribution in [-0.4, -0.2) is 15.5 Å². The highest BCUT2D eigenvalue weighted by Crippen LogP contribution is 2.32. The van der Waals surface area contributed by atoms with Crippen LogP contribution in [0, 0.1) is 5.82 Å². The summed E-state index contributed by atoms with van der Waals surface area (Å²) in [5.74, 6) is -1.62. The van der Waals surface area contributed by atoms with Crippen LogP contribution in [-0.2, 0) is 6.18 Å². The van der Waals surface area contributed by atoms with Crippen molar-refractivity contribution in [3.05, 3.63) is 78.1 Å². The molecule has 25 heavy (non-hydrogen) atoms. The van der Waals surface area contributed by atoms with Gasteiger partial charge in [0.15, 0.2) is 0 Å². The van der Waals surface area contributed by atoms with E-state index in [0.717, 1.165) is 18.2 Å². The van der Waals surface area contributed by atoms with Gasteiger partial charge in [-0.25, -0.2) is 9.37 Å². The maximum absolute atomic E-state index is 14.2. The second-order valence-electron chi connectivity index (χ2n) is 5.13. The SMILES string of the molecule is O=C(Nc1ccc(-n2ccnc2)c(F)c1)c1ccccc1C(F)(F)F. The molecule has 128 valence electrons. The monoisotopic (exact) mass is 349 g/mol. The number of hydrogen-bond acceptors (Lipinski definition) is 2. The molecule has 0 unspecified atom stereocenters. The quantitative estimate of drug-likeness (QED) is 0.718. The molecule has 0 spiro atoms. The number of hydrogen-bond donors (Lipinski definition) is 1. The van der Waals surface area contributed by atoms with Crippen molar-refractivity contribution in [2.24, 2.45) is 0 Å². The van der Waals surface area contributed by atoms with Crippen LogP contribution < -0.4 is 5.32 Å². The largest absolute Gasteiger partial charge is 0.417 e. The molecule has 1 aromatic heterocycles. The van der Waals surface area contributed by atoms with Crippen molar-refractivity contribution < 1.29 is 22.4 Å². The molecule has 0 atom stereocenters. The van der Waals surface area contributed by atoms with E-state index in [1.54, 1.807) is 0 Å². The fraction of sp³-hybridized carbons (Fsp3) is 0.0588. The fourth-order valence-corrected chi connectivity index (χ4v) is 2.32. The molecule has 0 aliphatic heterocycles. The molecule has 1 amide bonds. The van der Waals surface area contributed by atoms with Crippen LogP contribution in [0.25, 0.3) is 5.69 Å². The molecule has 8 heteroatoms. The van der Waals surface area contributed by atoms with Crippen molar-refractivity contribution in [2.45, 2.75) is 6.18 Å². The Morgan fingerprint density at radius 2 is 1.88 bits per heavy atom. The topological polar surface area (TPSA) is 46.9 Å². The number of halogens is 4. The first-order valence-corrected chi connectivity index (χ1v) is 7.12. The maximum Gasteiger partial charge on any atom is 0.417 e. The van der Waals surface area contributed by atoms with Crippen LogP contribution in [0.1, 0.15) is 15.9 Å². The van der Waals surface area contributed by atoms with E-state index >= 15 is 0 Å². The number of carbonyl (C=O) groups is 1. The molecule has 3 rings (SSSR count). The Bertz CT molecular complexity index is 905. The highest BCUT2D eigenvalue weighted by Gasteiger charge is 2.34. The first-order valence-electron chi connectivity index (χ1n) is 7.12. The summed E-state index contributed by atoms with van der Waals surface area (Å²) in [7, 11) is 0. The number of nitrogens with zero attached hydrogens (tertiary/aromatic N) is 2. The van der Waals surface area contributed by atoms with E-state index in [1.807, 2.05) is 0 Å².